The van der Waals surface area contributed by atoms with Crippen molar-refractivity contribution < 1.29 is 24.5 Å². The van der Waals surface area contributed by atoms with E-state index in [1.807, 2.05) is 0 Å². The Labute approximate surface area is 117 Å². The predicted molar refractivity (Wildman–Crippen MR) is 75.0 cm³/mol. The van der Waals surface area contributed by atoms with Gasteiger partial charge in [0, 0.05) is 6.54 Å². The van der Waals surface area contributed by atoms with Crippen LogP contribution in [0.1, 0.15) is 5.56 Å². The lowest BCUT2D eigenvalue weighted by Gasteiger charge is -2.17. The van der Waals surface area contributed by atoms with Gasteiger partial charge in [-0.1, -0.05) is 0 Å². The summed E-state index contributed by atoms with van der Waals surface area (Å²) in [7, 11) is 2.81. The molecular weight excluding hydrogens is 264 g/mol. The summed E-state index contributed by atoms with van der Waals surface area (Å²) in [5, 5.41) is 24.0. The molecule has 4 N–H and O–H groups in total. The maximum absolute atomic E-state index is 11.2. The van der Waals surface area contributed by atoms with Crippen LogP contribution in [0.25, 0.3) is 0 Å². The van der Waals surface area contributed by atoms with Gasteiger partial charge in [0.2, 0.25) is 0 Å². The zero-order valence-electron chi connectivity index (χ0n) is 11.6. The second kappa shape index (κ2) is 8.23. The number of ether oxygens (including phenoxy) is 2. The van der Waals surface area contributed by atoms with E-state index in [-0.39, 0.29) is 19.8 Å². The molecule has 0 fully saturated rings. The number of methoxy groups -OCH3 is 2. The van der Waals surface area contributed by atoms with Crippen molar-refractivity contribution in [1.82, 2.24) is 0 Å². The van der Waals surface area contributed by atoms with Gasteiger partial charge in [-0.2, -0.15) is 0 Å². The molecule has 0 bridgehead atoms. The van der Waals surface area contributed by atoms with Crippen LogP contribution in [-0.2, 0) is 16.1 Å². The maximum atomic E-state index is 11.2. The lowest BCUT2D eigenvalue weighted by Crippen LogP contribution is -2.16. The zero-order chi connectivity index (χ0) is 15.0. The van der Waals surface area contributed by atoms with Crippen molar-refractivity contribution in [3.8, 4) is 5.75 Å². The third-order valence-corrected chi connectivity index (χ3v) is 2.61. The number of carbonyl (C=O) groups excluding carboxylic acids is 1. The minimum Gasteiger partial charge on any atom is -0.492 e. The van der Waals surface area contributed by atoms with Crippen LogP contribution in [0, 0.1) is 0 Å². The van der Waals surface area contributed by atoms with Crippen molar-refractivity contribution in [2.24, 2.45) is 0 Å². The molecule has 0 spiro atoms. The van der Waals surface area contributed by atoms with Crippen LogP contribution in [0.5, 0.6) is 5.75 Å². The SMILES string of the molecule is COC(=O)CNc1cc(CO)cc(NCCO)c1OC. The van der Waals surface area contributed by atoms with Gasteiger partial charge in [-0.25, -0.2) is 0 Å². The Morgan fingerprint density at radius 3 is 2.35 bits per heavy atom. The van der Waals surface area contributed by atoms with E-state index < -0.39 is 5.97 Å². The molecule has 7 heteroatoms. The lowest BCUT2D eigenvalue weighted by molar-refractivity contribution is -0.138. The topological polar surface area (TPSA) is 100 Å². The molecule has 0 saturated carbocycles. The second-order valence-electron chi connectivity index (χ2n) is 3.96. The third-order valence-electron chi connectivity index (χ3n) is 2.61. The highest BCUT2D eigenvalue weighted by atomic mass is 16.5. The highest BCUT2D eigenvalue weighted by Crippen LogP contribution is 2.34. The fourth-order valence-electron chi connectivity index (χ4n) is 1.69. The number of rotatable bonds is 8. The number of benzene rings is 1. The summed E-state index contributed by atoms with van der Waals surface area (Å²) < 4.78 is 9.86. The molecular formula is C13H20N2O5. The van der Waals surface area contributed by atoms with Crippen molar-refractivity contribution in [2.75, 3.05) is 44.5 Å². The van der Waals surface area contributed by atoms with E-state index >= 15 is 0 Å². The summed E-state index contributed by atoms with van der Waals surface area (Å²) in [6.07, 6.45) is 0. The normalized spacial score (nSPS) is 10.0. The molecule has 0 aromatic heterocycles. The van der Waals surface area contributed by atoms with Crippen LogP contribution >= 0.6 is 0 Å². The Balaban J connectivity index is 3.02. The van der Waals surface area contributed by atoms with E-state index in [9.17, 15) is 9.90 Å². The molecule has 0 aliphatic rings. The molecule has 0 unspecified atom stereocenters. The van der Waals surface area contributed by atoms with Crippen molar-refractivity contribution in [2.45, 2.75) is 6.61 Å². The Kier molecular flexibility index (Phi) is 6.61. The number of carbonyl (C=O) groups is 1. The fourth-order valence-corrected chi connectivity index (χ4v) is 1.69. The molecule has 7 nitrogen and oxygen atoms in total. The lowest BCUT2D eigenvalue weighted by atomic mass is 10.1. The molecule has 1 aromatic carbocycles. The second-order valence-corrected chi connectivity index (χ2v) is 3.96. The summed E-state index contributed by atoms with van der Waals surface area (Å²) in [6, 6.07) is 3.41. The number of hydrogen-bond acceptors (Lipinski definition) is 7. The monoisotopic (exact) mass is 284 g/mol. The average molecular weight is 284 g/mol. The molecule has 0 saturated heterocycles. The number of aliphatic hydroxyl groups is 2. The first-order chi connectivity index (χ1) is 9.65. The van der Waals surface area contributed by atoms with Crippen LogP contribution in [0.2, 0.25) is 0 Å². The average Bonchev–Trinajstić information content (AvgIpc) is 2.49. The minimum atomic E-state index is -0.411. The van der Waals surface area contributed by atoms with Crippen molar-refractivity contribution in [1.29, 1.82) is 0 Å². The summed E-state index contributed by atoms with van der Waals surface area (Å²) in [5.41, 5.74) is 1.84. The Bertz CT molecular complexity index is 451. The van der Waals surface area contributed by atoms with Gasteiger partial charge in [-0.3, -0.25) is 4.79 Å². The first-order valence-corrected chi connectivity index (χ1v) is 6.13. The van der Waals surface area contributed by atoms with E-state index in [0.717, 1.165) is 0 Å². The molecule has 0 atom stereocenters. The standard InChI is InChI=1S/C13H20N2O5/c1-19-12(18)7-15-11-6-9(8-17)5-10(13(11)20-2)14-3-4-16/h5-6,14-17H,3-4,7-8H2,1-2H3. The molecule has 112 valence electrons. The van der Waals surface area contributed by atoms with Crippen molar-refractivity contribution in [3.05, 3.63) is 17.7 Å². The fraction of sp³-hybridized carbons (Fsp3) is 0.462. The van der Waals surface area contributed by atoms with Gasteiger partial charge < -0.3 is 30.3 Å². The predicted octanol–water partition coefficient (Wildman–Crippen LogP) is 0.177. The largest absolute Gasteiger partial charge is 0.492 e. The summed E-state index contributed by atoms with van der Waals surface area (Å²) in [6.45, 7) is 0.158. The van der Waals surface area contributed by atoms with Gasteiger partial charge in [0.15, 0.2) is 5.75 Å². The van der Waals surface area contributed by atoms with Crippen LogP contribution in [-0.4, -0.2) is 50.1 Å². The Morgan fingerprint density at radius 1 is 1.20 bits per heavy atom. The Hall–Kier alpha value is -1.99. The molecule has 0 amide bonds. The molecule has 0 radical (unpaired) electrons. The minimum absolute atomic E-state index is 0.0127. The highest BCUT2D eigenvalue weighted by molar-refractivity contribution is 5.79. The maximum Gasteiger partial charge on any atom is 0.325 e. The van der Waals surface area contributed by atoms with E-state index in [1.54, 1.807) is 12.1 Å². The third kappa shape index (κ3) is 4.29. The van der Waals surface area contributed by atoms with Gasteiger partial charge in [-0.15, -0.1) is 0 Å². The molecule has 0 aliphatic carbocycles. The quantitative estimate of drug-likeness (QED) is 0.505. The van der Waals surface area contributed by atoms with E-state index in [4.69, 9.17) is 9.84 Å². The summed E-state index contributed by atoms with van der Waals surface area (Å²) in [5.74, 6) is 0.0888. The number of esters is 1. The summed E-state index contributed by atoms with van der Waals surface area (Å²) >= 11 is 0. The van der Waals surface area contributed by atoms with Gasteiger partial charge in [0.05, 0.1) is 38.8 Å². The van der Waals surface area contributed by atoms with Gasteiger partial charge in [-0.05, 0) is 17.7 Å². The molecule has 1 rings (SSSR count). The van der Waals surface area contributed by atoms with Crippen LogP contribution < -0.4 is 15.4 Å². The first-order valence-electron chi connectivity index (χ1n) is 6.13. The molecule has 20 heavy (non-hydrogen) atoms. The van der Waals surface area contributed by atoms with Crippen LogP contribution in [0.3, 0.4) is 0 Å². The van der Waals surface area contributed by atoms with E-state index in [0.29, 0.717) is 29.2 Å². The van der Waals surface area contributed by atoms with Crippen LogP contribution in [0.15, 0.2) is 12.1 Å². The van der Waals surface area contributed by atoms with Crippen molar-refractivity contribution in [3.63, 3.8) is 0 Å². The van der Waals surface area contributed by atoms with Crippen molar-refractivity contribution >= 4 is 17.3 Å². The summed E-state index contributed by atoms with van der Waals surface area (Å²) in [4.78, 5) is 11.2. The zero-order valence-corrected chi connectivity index (χ0v) is 11.6. The van der Waals surface area contributed by atoms with Gasteiger partial charge >= 0.3 is 5.97 Å². The molecule has 1 aromatic rings. The number of nitrogens with one attached hydrogen (secondary N) is 2. The van der Waals surface area contributed by atoms with E-state index in [1.165, 1.54) is 14.2 Å². The van der Waals surface area contributed by atoms with Gasteiger partial charge in [0.1, 0.15) is 6.54 Å². The van der Waals surface area contributed by atoms with E-state index in [2.05, 4.69) is 15.4 Å². The smallest absolute Gasteiger partial charge is 0.325 e. The highest BCUT2D eigenvalue weighted by Gasteiger charge is 2.12. The molecule has 0 heterocycles. The number of anilines is 2. The number of hydrogen-bond donors (Lipinski definition) is 4. The number of aliphatic hydroxyl groups excluding tert-OH is 2. The van der Waals surface area contributed by atoms with Crippen LogP contribution in [0.4, 0.5) is 11.4 Å². The molecule has 0 aliphatic heterocycles. The first kappa shape index (κ1) is 16.1. The van der Waals surface area contributed by atoms with Gasteiger partial charge in [0.25, 0.3) is 0 Å². The Morgan fingerprint density at radius 2 is 1.85 bits per heavy atom.